The highest BCUT2D eigenvalue weighted by Gasteiger charge is 2.44. The lowest BCUT2D eigenvalue weighted by Crippen LogP contribution is -2.45. The minimum Gasteiger partial charge on any atom is -0.492 e. The van der Waals surface area contributed by atoms with Gasteiger partial charge in [0.2, 0.25) is 15.9 Å². The normalized spacial score (nSPS) is 14.2. The van der Waals surface area contributed by atoms with Gasteiger partial charge in [0.25, 0.3) is 17.5 Å². The van der Waals surface area contributed by atoms with Gasteiger partial charge in [0.05, 0.1) is 17.1 Å². The molecule has 0 saturated carbocycles. The Hall–Kier alpha value is -3.84. The van der Waals surface area contributed by atoms with Crippen molar-refractivity contribution in [3.05, 3.63) is 57.6 Å². The molecule has 1 aliphatic heterocycles. The van der Waals surface area contributed by atoms with Crippen molar-refractivity contribution < 1.29 is 32.5 Å². The smallest absolute Gasteiger partial charge is 0.282 e. The van der Waals surface area contributed by atoms with E-state index in [-0.39, 0.29) is 34.1 Å². The molecule has 13 heteroatoms. The number of imide groups is 1. The molecule has 0 saturated heterocycles. The number of nitrogens with zero attached hydrogens (tertiary/aromatic N) is 3. The average Bonchev–Trinajstić information content (AvgIpc) is 3.04. The molecule has 1 N–H and O–H groups in total. The van der Waals surface area contributed by atoms with Crippen LogP contribution in [0.25, 0.3) is 0 Å². The zero-order chi connectivity index (χ0) is 25.4. The molecule has 2 aromatic carbocycles. The summed E-state index contributed by atoms with van der Waals surface area (Å²) in [4.78, 5) is 49.4. The second-order valence-electron chi connectivity index (χ2n) is 7.48. The zero-order valence-electron chi connectivity index (χ0n) is 18.8. The van der Waals surface area contributed by atoms with Crippen LogP contribution >= 0.6 is 0 Å². The predicted octanol–water partition coefficient (Wildman–Crippen LogP) is 1.87. The Bertz CT molecular complexity index is 1310. The SMILES string of the molecule is CCOc1ccc(NC(=O)[C@H](C)N2C(=O)c3cccc([N+](=O)[O-])c3C2=O)cc1S(=O)(=O)N(C)C. The van der Waals surface area contributed by atoms with Crippen LogP contribution in [0.2, 0.25) is 0 Å². The van der Waals surface area contributed by atoms with Crippen LogP contribution in [-0.2, 0) is 14.8 Å². The number of rotatable bonds is 8. The molecular weight excluding hydrogens is 468 g/mol. The molecule has 0 bridgehead atoms. The van der Waals surface area contributed by atoms with Crippen LogP contribution in [0.5, 0.6) is 5.75 Å². The van der Waals surface area contributed by atoms with Gasteiger partial charge in [-0.25, -0.2) is 12.7 Å². The largest absolute Gasteiger partial charge is 0.492 e. The lowest BCUT2D eigenvalue weighted by Gasteiger charge is -2.22. The van der Waals surface area contributed by atoms with Crippen molar-refractivity contribution in [3.63, 3.8) is 0 Å². The molecule has 1 aliphatic rings. The summed E-state index contributed by atoms with van der Waals surface area (Å²) in [5, 5.41) is 13.8. The highest BCUT2D eigenvalue weighted by molar-refractivity contribution is 7.89. The first-order valence-corrected chi connectivity index (χ1v) is 11.5. The van der Waals surface area contributed by atoms with Crippen LogP contribution in [0.1, 0.15) is 34.6 Å². The van der Waals surface area contributed by atoms with Crippen LogP contribution in [0.4, 0.5) is 11.4 Å². The Morgan fingerprint density at radius 3 is 2.47 bits per heavy atom. The fourth-order valence-electron chi connectivity index (χ4n) is 3.41. The Morgan fingerprint density at radius 1 is 1.21 bits per heavy atom. The first-order chi connectivity index (χ1) is 15.9. The maximum atomic E-state index is 12.9. The molecule has 0 aliphatic carbocycles. The fourth-order valence-corrected chi connectivity index (χ4v) is 4.46. The Labute approximate surface area is 195 Å². The third kappa shape index (κ3) is 4.22. The second kappa shape index (κ2) is 9.19. The van der Waals surface area contributed by atoms with Gasteiger partial charge in [0.15, 0.2) is 0 Å². The van der Waals surface area contributed by atoms with E-state index in [1.165, 1.54) is 51.4 Å². The van der Waals surface area contributed by atoms with E-state index in [1.54, 1.807) is 6.92 Å². The van der Waals surface area contributed by atoms with Crippen molar-refractivity contribution in [1.82, 2.24) is 9.21 Å². The molecule has 34 heavy (non-hydrogen) atoms. The van der Waals surface area contributed by atoms with E-state index in [1.807, 2.05) is 0 Å². The third-order valence-electron chi connectivity index (χ3n) is 5.16. The van der Waals surface area contributed by atoms with Crippen LogP contribution in [0.15, 0.2) is 41.3 Å². The molecule has 0 radical (unpaired) electrons. The number of amides is 3. The minimum absolute atomic E-state index is 0.0864. The number of hydrogen-bond donors (Lipinski definition) is 1. The average molecular weight is 490 g/mol. The fraction of sp³-hybridized carbons (Fsp3) is 0.286. The van der Waals surface area contributed by atoms with Gasteiger partial charge in [-0.2, -0.15) is 0 Å². The molecule has 0 unspecified atom stereocenters. The number of anilines is 1. The van der Waals surface area contributed by atoms with Gasteiger partial charge in [-0.15, -0.1) is 0 Å². The maximum Gasteiger partial charge on any atom is 0.282 e. The summed E-state index contributed by atoms with van der Waals surface area (Å²) in [7, 11) is -1.22. The molecule has 3 amide bonds. The summed E-state index contributed by atoms with van der Waals surface area (Å²) in [6.45, 7) is 3.19. The summed E-state index contributed by atoms with van der Waals surface area (Å²) in [5.74, 6) is -2.50. The number of benzene rings is 2. The molecule has 12 nitrogen and oxygen atoms in total. The van der Waals surface area contributed by atoms with E-state index in [0.29, 0.717) is 4.90 Å². The Balaban J connectivity index is 1.91. The van der Waals surface area contributed by atoms with E-state index in [2.05, 4.69) is 5.32 Å². The van der Waals surface area contributed by atoms with E-state index < -0.39 is 44.4 Å². The van der Waals surface area contributed by atoms with Crippen molar-refractivity contribution in [3.8, 4) is 5.75 Å². The molecule has 1 atom stereocenters. The maximum absolute atomic E-state index is 12.9. The summed E-state index contributed by atoms with van der Waals surface area (Å²) in [6.07, 6.45) is 0. The number of fused-ring (bicyclic) bond motifs is 1. The Kier molecular flexibility index (Phi) is 6.70. The quantitative estimate of drug-likeness (QED) is 0.334. The standard InChI is InChI=1S/C21H22N4O8S/c1-5-33-16-10-9-13(11-17(16)34(31,32)23(3)4)22-19(26)12(2)24-20(27)14-7-6-8-15(25(29)30)18(14)21(24)28/h6-12H,5H2,1-4H3,(H,22,26)/t12-/m0/s1. The molecule has 180 valence electrons. The number of hydrogen-bond acceptors (Lipinski definition) is 8. The molecule has 0 spiro atoms. The zero-order valence-corrected chi connectivity index (χ0v) is 19.6. The van der Waals surface area contributed by atoms with Crippen molar-refractivity contribution in [2.24, 2.45) is 0 Å². The predicted molar refractivity (Wildman–Crippen MR) is 120 cm³/mol. The van der Waals surface area contributed by atoms with Gasteiger partial charge in [0.1, 0.15) is 22.3 Å². The summed E-state index contributed by atoms with van der Waals surface area (Å²) >= 11 is 0. The first kappa shape index (κ1) is 24.8. The summed E-state index contributed by atoms with van der Waals surface area (Å²) in [6, 6.07) is 6.32. The third-order valence-corrected chi connectivity index (χ3v) is 6.99. The van der Waals surface area contributed by atoms with Gasteiger partial charge in [0, 0.05) is 25.8 Å². The van der Waals surface area contributed by atoms with Crippen LogP contribution in [-0.4, -0.2) is 67.0 Å². The topological polar surface area (TPSA) is 156 Å². The van der Waals surface area contributed by atoms with Crippen molar-refractivity contribution in [2.75, 3.05) is 26.0 Å². The second-order valence-corrected chi connectivity index (χ2v) is 9.60. The van der Waals surface area contributed by atoms with Gasteiger partial charge in [-0.05, 0) is 38.1 Å². The lowest BCUT2D eigenvalue weighted by molar-refractivity contribution is -0.385. The monoisotopic (exact) mass is 490 g/mol. The van der Waals surface area contributed by atoms with Crippen molar-refractivity contribution in [1.29, 1.82) is 0 Å². The van der Waals surface area contributed by atoms with Crippen molar-refractivity contribution >= 4 is 39.1 Å². The van der Waals surface area contributed by atoms with Gasteiger partial charge in [-0.1, -0.05) is 6.07 Å². The van der Waals surface area contributed by atoms with Gasteiger partial charge < -0.3 is 10.1 Å². The number of sulfonamides is 1. The van der Waals surface area contributed by atoms with E-state index in [9.17, 15) is 32.9 Å². The van der Waals surface area contributed by atoms with Gasteiger partial charge in [-0.3, -0.25) is 29.4 Å². The number of carbonyl (C=O) groups excluding carboxylic acids is 3. The van der Waals surface area contributed by atoms with Crippen LogP contribution in [0.3, 0.4) is 0 Å². The minimum atomic E-state index is -3.92. The highest BCUT2D eigenvalue weighted by Crippen LogP contribution is 2.33. The number of nitro benzene ring substituents is 1. The Morgan fingerprint density at radius 2 is 1.88 bits per heavy atom. The molecule has 0 fully saturated rings. The molecular formula is C21H22N4O8S. The molecule has 1 heterocycles. The van der Waals surface area contributed by atoms with Crippen LogP contribution in [0, 0.1) is 10.1 Å². The summed E-state index contributed by atoms with van der Waals surface area (Å²) < 4.78 is 31.8. The first-order valence-electron chi connectivity index (χ1n) is 10.1. The number of nitrogens with one attached hydrogen (secondary N) is 1. The molecule has 3 rings (SSSR count). The van der Waals surface area contributed by atoms with Gasteiger partial charge >= 0.3 is 0 Å². The summed E-state index contributed by atoms with van der Waals surface area (Å²) in [5.41, 5.74) is -0.990. The molecule has 0 aromatic heterocycles. The number of carbonyl (C=O) groups is 3. The number of ether oxygens (including phenoxy) is 1. The lowest BCUT2D eigenvalue weighted by atomic mass is 10.1. The van der Waals surface area contributed by atoms with E-state index in [0.717, 1.165) is 10.4 Å². The van der Waals surface area contributed by atoms with Crippen LogP contribution < -0.4 is 10.1 Å². The van der Waals surface area contributed by atoms with E-state index in [4.69, 9.17) is 4.74 Å². The van der Waals surface area contributed by atoms with Crippen molar-refractivity contribution in [2.45, 2.75) is 24.8 Å². The molecule has 2 aromatic rings. The van der Waals surface area contributed by atoms with E-state index >= 15 is 0 Å². The number of nitro groups is 1. The highest BCUT2D eigenvalue weighted by atomic mass is 32.2.